The molecule has 0 aromatic heterocycles. The first-order valence-corrected chi connectivity index (χ1v) is 8.50. The number of aliphatic carboxylic acids is 1. The number of carboxylic acid groups (broad SMARTS) is 1. The molecule has 1 saturated heterocycles. The molecule has 1 fully saturated rings. The van der Waals surface area contributed by atoms with Gasteiger partial charge in [-0.3, -0.25) is 9.69 Å². The van der Waals surface area contributed by atoms with Gasteiger partial charge in [0, 0.05) is 0 Å². The Labute approximate surface area is 153 Å². The zero-order valence-corrected chi connectivity index (χ0v) is 14.4. The standard InChI is InChI=1S/C18H12FNO3S2/c19-13-8-4-5-11(9-13)10-14-16(21)20(18(24)25-14)15(17(22)23)12-6-2-1-3-7-12/h1-10,15H,(H,22,23). The summed E-state index contributed by atoms with van der Waals surface area (Å²) in [6, 6.07) is 13.0. The molecule has 7 heteroatoms. The normalized spacial score (nSPS) is 17.2. The van der Waals surface area contributed by atoms with Crippen LogP contribution in [0.5, 0.6) is 0 Å². The van der Waals surface area contributed by atoms with Gasteiger partial charge in [0.1, 0.15) is 10.1 Å². The maximum Gasteiger partial charge on any atom is 0.331 e. The Morgan fingerprint density at radius 1 is 1.20 bits per heavy atom. The lowest BCUT2D eigenvalue weighted by molar-refractivity contribution is -0.145. The third-order valence-electron chi connectivity index (χ3n) is 3.58. The fraction of sp³-hybridized carbons (Fsp3) is 0.0556. The van der Waals surface area contributed by atoms with Crippen LogP contribution in [-0.2, 0) is 9.59 Å². The van der Waals surface area contributed by atoms with Gasteiger partial charge in [-0.1, -0.05) is 66.4 Å². The number of rotatable bonds is 4. The minimum Gasteiger partial charge on any atom is -0.479 e. The van der Waals surface area contributed by atoms with Gasteiger partial charge in [0.15, 0.2) is 6.04 Å². The third-order valence-corrected chi connectivity index (χ3v) is 4.91. The summed E-state index contributed by atoms with van der Waals surface area (Å²) in [7, 11) is 0. The van der Waals surface area contributed by atoms with Crippen molar-refractivity contribution in [2.75, 3.05) is 0 Å². The summed E-state index contributed by atoms with van der Waals surface area (Å²) < 4.78 is 13.5. The molecule has 25 heavy (non-hydrogen) atoms. The maximum absolute atomic E-state index is 13.3. The van der Waals surface area contributed by atoms with Crippen molar-refractivity contribution in [3.05, 3.63) is 76.4 Å². The van der Waals surface area contributed by atoms with Crippen LogP contribution in [0, 0.1) is 5.82 Å². The fourth-order valence-corrected chi connectivity index (χ4v) is 3.80. The SMILES string of the molecule is O=C(O)C(c1ccccc1)N1C(=O)C(=Cc2cccc(F)c2)SC1=S. The topological polar surface area (TPSA) is 57.6 Å². The van der Waals surface area contributed by atoms with Crippen LogP contribution < -0.4 is 0 Å². The Hall–Kier alpha value is -2.51. The molecule has 126 valence electrons. The quantitative estimate of drug-likeness (QED) is 0.652. The van der Waals surface area contributed by atoms with Crippen molar-refractivity contribution in [1.82, 2.24) is 4.90 Å². The van der Waals surface area contributed by atoms with E-state index in [0.717, 1.165) is 16.7 Å². The average Bonchev–Trinajstić information content (AvgIpc) is 2.84. The molecule has 1 aliphatic rings. The number of carbonyl (C=O) groups is 2. The molecule has 1 aliphatic heterocycles. The molecule has 0 radical (unpaired) electrons. The smallest absolute Gasteiger partial charge is 0.331 e. The van der Waals surface area contributed by atoms with Crippen LogP contribution in [0.2, 0.25) is 0 Å². The molecule has 1 atom stereocenters. The Morgan fingerprint density at radius 2 is 1.92 bits per heavy atom. The summed E-state index contributed by atoms with van der Waals surface area (Å²) >= 11 is 6.23. The minimum atomic E-state index is -1.20. The van der Waals surface area contributed by atoms with Crippen molar-refractivity contribution >= 4 is 46.3 Å². The molecular formula is C18H12FNO3S2. The Morgan fingerprint density at radius 3 is 2.56 bits per heavy atom. The van der Waals surface area contributed by atoms with Crippen LogP contribution in [0.1, 0.15) is 17.2 Å². The molecule has 1 amide bonds. The van der Waals surface area contributed by atoms with E-state index in [1.165, 1.54) is 24.3 Å². The van der Waals surface area contributed by atoms with Gasteiger partial charge >= 0.3 is 5.97 Å². The van der Waals surface area contributed by atoms with E-state index >= 15 is 0 Å². The molecule has 2 aromatic rings. The number of amides is 1. The van der Waals surface area contributed by atoms with Gasteiger partial charge in [0.2, 0.25) is 0 Å². The molecule has 2 aromatic carbocycles. The maximum atomic E-state index is 13.3. The predicted molar refractivity (Wildman–Crippen MR) is 98.2 cm³/mol. The van der Waals surface area contributed by atoms with Crippen LogP contribution in [0.15, 0.2) is 59.5 Å². The lowest BCUT2D eigenvalue weighted by atomic mass is 10.1. The molecule has 0 saturated carbocycles. The van der Waals surface area contributed by atoms with E-state index in [1.54, 1.807) is 36.4 Å². The Bertz CT molecular complexity index is 883. The highest BCUT2D eigenvalue weighted by atomic mass is 32.2. The van der Waals surface area contributed by atoms with Gasteiger partial charge in [-0.2, -0.15) is 0 Å². The van der Waals surface area contributed by atoms with Gasteiger partial charge in [0.25, 0.3) is 5.91 Å². The first-order chi connectivity index (χ1) is 12.0. The largest absolute Gasteiger partial charge is 0.479 e. The number of thioether (sulfide) groups is 1. The van der Waals surface area contributed by atoms with E-state index in [1.807, 2.05) is 0 Å². The minimum absolute atomic E-state index is 0.156. The molecule has 1 heterocycles. The third kappa shape index (κ3) is 3.62. The van der Waals surface area contributed by atoms with Gasteiger partial charge in [-0.15, -0.1) is 0 Å². The first kappa shape index (κ1) is 17.3. The van der Waals surface area contributed by atoms with E-state index in [-0.39, 0.29) is 9.23 Å². The second-order valence-corrected chi connectivity index (χ2v) is 6.93. The molecule has 4 nitrogen and oxygen atoms in total. The molecule has 1 unspecified atom stereocenters. The van der Waals surface area contributed by atoms with Crippen molar-refractivity contribution in [1.29, 1.82) is 0 Å². The number of hydrogen-bond donors (Lipinski definition) is 1. The first-order valence-electron chi connectivity index (χ1n) is 7.28. The number of nitrogens with zero attached hydrogens (tertiary/aromatic N) is 1. The molecule has 0 bridgehead atoms. The summed E-state index contributed by atoms with van der Waals surface area (Å²) in [5.74, 6) is -2.10. The van der Waals surface area contributed by atoms with E-state index < -0.39 is 23.7 Å². The van der Waals surface area contributed by atoms with Crippen LogP contribution in [0.4, 0.5) is 4.39 Å². The summed E-state index contributed by atoms with van der Waals surface area (Å²) in [5.41, 5.74) is 0.963. The molecule has 1 N–H and O–H groups in total. The van der Waals surface area contributed by atoms with Crippen molar-refractivity contribution < 1.29 is 19.1 Å². The van der Waals surface area contributed by atoms with Crippen LogP contribution in [0.25, 0.3) is 6.08 Å². The lowest BCUT2D eigenvalue weighted by Crippen LogP contribution is -2.37. The highest BCUT2D eigenvalue weighted by molar-refractivity contribution is 8.26. The molecule has 3 rings (SSSR count). The highest BCUT2D eigenvalue weighted by Crippen LogP contribution is 2.38. The average molecular weight is 373 g/mol. The fourth-order valence-electron chi connectivity index (χ4n) is 2.49. The summed E-state index contributed by atoms with van der Waals surface area (Å²) in [4.78, 5) is 25.8. The number of carbonyl (C=O) groups excluding carboxylic acids is 1. The van der Waals surface area contributed by atoms with Gasteiger partial charge in [-0.05, 0) is 29.3 Å². The van der Waals surface area contributed by atoms with Gasteiger partial charge < -0.3 is 5.11 Å². The number of halogens is 1. The number of thiocarbonyl (C=S) groups is 1. The van der Waals surface area contributed by atoms with Crippen LogP contribution in [0.3, 0.4) is 0 Å². The zero-order valence-electron chi connectivity index (χ0n) is 12.8. The second-order valence-electron chi connectivity index (χ2n) is 5.26. The van der Waals surface area contributed by atoms with Crippen molar-refractivity contribution in [2.45, 2.75) is 6.04 Å². The van der Waals surface area contributed by atoms with E-state index in [4.69, 9.17) is 12.2 Å². The lowest BCUT2D eigenvalue weighted by Gasteiger charge is -2.23. The Kier molecular flexibility index (Phi) is 4.96. The summed E-state index contributed by atoms with van der Waals surface area (Å²) in [6.07, 6.45) is 1.51. The summed E-state index contributed by atoms with van der Waals surface area (Å²) in [6.45, 7) is 0. The Balaban J connectivity index is 1.96. The molecular weight excluding hydrogens is 361 g/mol. The molecule has 0 aliphatic carbocycles. The van der Waals surface area contributed by atoms with Crippen molar-refractivity contribution in [3.63, 3.8) is 0 Å². The van der Waals surface area contributed by atoms with Gasteiger partial charge in [-0.25, -0.2) is 9.18 Å². The van der Waals surface area contributed by atoms with Crippen LogP contribution in [-0.4, -0.2) is 26.2 Å². The van der Waals surface area contributed by atoms with Crippen molar-refractivity contribution in [2.24, 2.45) is 0 Å². The molecule has 0 spiro atoms. The van der Waals surface area contributed by atoms with Crippen molar-refractivity contribution in [3.8, 4) is 0 Å². The van der Waals surface area contributed by atoms with E-state index in [0.29, 0.717) is 11.1 Å². The monoisotopic (exact) mass is 373 g/mol. The van der Waals surface area contributed by atoms with Gasteiger partial charge in [0.05, 0.1) is 4.91 Å². The number of hydrogen-bond acceptors (Lipinski definition) is 4. The second kappa shape index (κ2) is 7.16. The highest BCUT2D eigenvalue weighted by Gasteiger charge is 2.41. The van der Waals surface area contributed by atoms with E-state index in [2.05, 4.69) is 0 Å². The number of benzene rings is 2. The zero-order chi connectivity index (χ0) is 18.0. The van der Waals surface area contributed by atoms with Crippen LogP contribution >= 0.6 is 24.0 Å². The number of carboxylic acids is 1. The van der Waals surface area contributed by atoms with E-state index in [9.17, 15) is 19.1 Å². The summed E-state index contributed by atoms with van der Waals surface area (Å²) in [5, 5.41) is 9.60. The predicted octanol–water partition coefficient (Wildman–Crippen LogP) is 3.85.